The molecule has 0 amide bonds. The maximum atomic E-state index is 10.3. The summed E-state index contributed by atoms with van der Waals surface area (Å²) in [5.74, 6) is 0.947. The van der Waals surface area contributed by atoms with E-state index in [4.69, 9.17) is 21.5 Å². The minimum absolute atomic E-state index is 0.139. The molecule has 0 saturated heterocycles. The molecule has 0 spiro atoms. The van der Waals surface area contributed by atoms with Gasteiger partial charge in [0.2, 0.25) is 0 Å². The molecule has 0 aliphatic heterocycles. The largest absolute Gasteiger partial charge is 0.505 e. The SMILES string of the molecule is COc1ccc(NCc2cc3ccccc3c(N)c2O)cc1.Cc1nsc(N)c1C#N. The summed E-state index contributed by atoms with van der Waals surface area (Å²) >= 11 is 1.16. The van der Waals surface area contributed by atoms with Gasteiger partial charge in [-0.1, -0.05) is 24.3 Å². The van der Waals surface area contributed by atoms with Crippen molar-refractivity contribution in [3.63, 3.8) is 0 Å². The van der Waals surface area contributed by atoms with Crippen LogP contribution in [0.25, 0.3) is 10.8 Å². The molecular weight excluding hydrogens is 410 g/mol. The van der Waals surface area contributed by atoms with E-state index in [0.717, 1.165) is 45.0 Å². The second-order valence-corrected chi connectivity index (χ2v) is 7.53. The Labute approximate surface area is 184 Å². The Morgan fingerprint density at radius 1 is 1.16 bits per heavy atom. The summed E-state index contributed by atoms with van der Waals surface area (Å²) in [5.41, 5.74) is 14.8. The van der Waals surface area contributed by atoms with Crippen molar-refractivity contribution in [3.05, 3.63) is 71.4 Å². The number of nitrogens with two attached hydrogens (primary N) is 2. The van der Waals surface area contributed by atoms with Crippen LogP contribution in [0.2, 0.25) is 0 Å². The minimum atomic E-state index is 0.139. The third kappa shape index (κ3) is 4.97. The van der Waals surface area contributed by atoms with E-state index in [1.165, 1.54) is 0 Å². The Balaban J connectivity index is 0.000000254. The van der Waals surface area contributed by atoms with Gasteiger partial charge >= 0.3 is 0 Å². The number of hydrogen-bond acceptors (Lipinski definition) is 8. The molecule has 8 heteroatoms. The van der Waals surface area contributed by atoms with Crippen LogP contribution < -0.4 is 21.5 Å². The number of nitriles is 1. The van der Waals surface area contributed by atoms with E-state index in [1.54, 1.807) is 14.0 Å². The van der Waals surface area contributed by atoms with Gasteiger partial charge in [-0.15, -0.1) is 0 Å². The molecule has 0 radical (unpaired) electrons. The molecule has 0 atom stereocenters. The van der Waals surface area contributed by atoms with Crippen LogP contribution in [0.5, 0.6) is 11.5 Å². The van der Waals surface area contributed by atoms with Crippen LogP contribution >= 0.6 is 11.5 Å². The molecule has 31 heavy (non-hydrogen) atoms. The number of fused-ring (bicyclic) bond motifs is 1. The van der Waals surface area contributed by atoms with E-state index < -0.39 is 0 Å². The second kappa shape index (κ2) is 9.69. The molecule has 3 aromatic carbocycles. The first kappa shape index (κ1) is 21.7. The molecule has 0 saturated carbocycles. The zero-order valence-electron chi connectivity index (χ0n) is 17.2. The van der Waals surface area contributed by atoms with Gasteiger partial charge in [0.25, 0.3) is 0 Å². The first-order chi connectivity index (χ1) is 14.9. The highest BCUT2D eigenvalue weighted by Crippen LogP contribution is 2.34. The third-order valence-electron chi connectivity index (χ3n) is 4.71. The zero-order valence-corrected chi connectivity index (χ0v) is 18.0. The van der Waals surface area contributed by atoms with Crippen LogP contribution in [0.4, 0.5) is 16.4 Å². The standard InChI is InChI=1S/C18H18N2O2.C5H5N3S/c1-22-15-8-6-14(7-9-15)20-11-13-10-12-4-2-3-5-16(12)17(19)18(13)21;1-3-4(2-6)5(7)9-8-3/h2-10,20-21H,11,19H2,1H3;7H2,1H3. The minimum Gasteiger partial charge on any atom is -0.505 e. The van der Waals surface area contributed by atoms with Gasteiger partial charge in [-0.2, -0.15) is 9.64 Å². The molecule has 0 aliphatic carbocycles. The number of aryl methyl sites for hydroxylation is 1. The van der Waals surface area contributed by atoms with Crippen LogP contribution in [0.3, 0.4) is 0 Å². The maximum absolute atomic E-state index is 10.3. The van der Waals surface area contributed by atoms with Crippen molar-refractivity contribution >= 4 is 38.7 Å². The van der Waals surface area contributed by atoms with Crippen molar-refractivity contribution in [1.82, 2.24) is 4.37 Å². The molecule has 0 bridgehead atoms. The molecular formula is C23H23N5O2S. The van der Waals surface area contributed by atoms with E-state index in [0.29, 0.717) is 22.8 Å². The van der Waals surface area contributed by atoms with E-state index in [9.17, 15) is 5.11 Å². The van der Waals surface area contributed by atoms with Crippen LogP contribution in [0, 0.1) is 18.3 Å². The van der Waals surface area contributed by atoms with Gasteiger partial charge in [0.15, 0.2) is 0 Å². The van der Waals surface area contributed by atoms with Crippen molar-refractivity contribution in [2.45, 2.75) is 13.5 Å². The van der Waals surface area contributed by atoms with Gasteiger partial charge in [0.05, 0.1) is 18.5 Å². The van der Waals surface area contributed by atoms with Crippen molar-refractivity contribution in [2.75, 3.05) is 23.9 Å². The maximum Gasteiger partial charge on any atom is 0.144 e. The molecule has 0 aliphatic rings. The zero-order chi connectivity index (χ0) is 22.4. The number of phenols is 1. The third-order valence-corrected chi connectivity index (χ3v) is 5.48. The van der Waals surface area contributed by atoms with Gasteiger partial charge in [0, 0.05) is 23.2 Å². The predicted octanol–water partition coefficient (Wildman–Crippen LogP) is 4.65. The first-order valence-electron chi connectivity index (χ1n) is 9.43. The van der Waals surface area contributed by atoms with E-state index in [-0.39, 0.29) is 5.75 Å². The van der Waals surface area contributed by atoms with Crippen LogP contribution in [0.15, 0.2) is 54.6 Å². The molecule has 4 rings (SSSR count). The molecule has 158 valence electrons. The van der Waals surface area contributed by atoms with Crippen molar-refractivity contribution < 1.29 is 9.84 Å². The number of aromatic hydroxyl groups is 1. The van der Waals surface area contributed by atoms with Gasteiger partial charge in [0.1, 0.15) is 28.1 Å². The summed E-state index contributed by atoms with van der Waals surface area (Å²) < 4.78 is 9.01. The summed E-state index contributed by atoms with van der Waals surface area (Å²) in [6, 6.07) is 19.3. The van der Waals surface area contributed by atoms with Gasteiger partial charge < -0.3 is 26.6 Å². The van der Waals surface area contributed by atoms with E-state index in [2.05, 4.69) is 9.69 Å². The number of nitrogens with one attached hydrogen (secondary N) is 1. The Kier molecular flexibility index (Phi) is 6.80. The molecule has 6 N–H and O–H groups in total. The predicted molar refractivity (Wildman–Crippen MR) is 126 cm³/mol. The normalized spacial score (nSPS) is 10.1. The van der Waals surface area contributed by atoms with Crippen molar-refractivity contribution in [1.29, 1.82) is 5.26 Å². The lowest BCUT2D eigenvalue weighted by Gasteiger charge is -2.12. The Hall–Kier alpha value is -3.96. The quantitative estimate of drug-likeness (QED) is 0.272. The summed E-state index contributed by atoms with van der Waals surface area (Å²) in [7, 11) is 1.64. The number of nitrogens with zero attached hydrogens (tertiary/aromatic N) is 2. The Morgan fingerprint density at radius 3 is 2.45 bits per heavy atom. The second-order valence-electron chi connectivity index (χ2n) is 6.72. The molecule has 1 aromatic heterocycles. The number of phenolic OH excluding ortho intramolecular Hbond substituents is 1. The number of anilines is 3. The molecule has 0 unspecified atom stereocenters. The van der Waals surface area contributed by atoms with Crippen LogP contribution in [-0.4, -0.2) is 16.6 Å². The number of rotatable bonds is 4. The highest BCUT2D eigenvalue weighted by molar-refractivity contribution is 7.10. The average molecular weight is 434 g/mol. The van der Waals surface area contributed by atoms with Crippen LogP contribution in [-0.2, 0) is 6.54 Å². The van der Waals surface area contributed by atoms with Gasteiger partial charge in [-0.05, 0) is 54.2 Å². The highest BCUT2D eigenvalue weighted by atomic mass is 32.1. The fourth-order valence-electron chi connectivity index (χ4n) is 2.99. The van der Waals surface area contributed by atoms with E-state index in [1.807, 2.05) is 60.7 Å². The Bertz CT molecular complexity index is 1210. The summed E-state index contributed by atoms with van der Waals surface area (Å²) in [4.78, 5) is 0. The molecule has 1 heterocycles. The molecule has 4 aromatic rings. The number of hydrogen-bond donors (Lipinski definition) is 4. The first-order valence-corrected chi connectivity index (χ1v) is 10.2. The number of aromatic nitrogens is 1. The fraction of sp³-hybridized carbons (Fsp3) is 0.130. The molecule has 0 fully saturated rings. The number of methoxy groups -OCH3 is 1. The van der Waals surface area contributed by atoms with E-state index >= 15 is 0 Å². The highest BCUT2D eigenvalue weighted by Gasteiger charge is 2.10. The van der Waals surface area contributed by atoms with Crippen molar-refractivity contribution in [2.24, 2.45) is 0 Å². The fourth-order valence-corrected chi connectivity index (χ4v) is 3.60. The lowest BCUT2D eigenvalue weighted by atomic mass is 10.0. The average Bonchev–Trinajstić information content (AvgIpc) is 3.13. The number of nitrogen functional groups attached to an aromatic ring is 2. The summed E-state index contributed by atoms with van der Waals surface area (Å²) in [6.07, 6.45) is 0. The summed E-state index contributed by atoms with van der Waals surface area (Å²) in [6.45, 7) is 2.26. The molecule has 7 nitrogen and oxygen atoms in total. The monoisotopic (exact) mass is 433 g/mol. The lowest BCUT2D eigenvalue weighted by Crippen LogP contribution is -2.01. The lowest BCUT2D eigenvalue weighted by molar-refractivity contribution is 0.415. The smallest absolute Gasteiger partial charge is 0.144 e. The van der Waals surface area contributed by atoms with Gasteiger partial charge in [-0.25, -0.2) is 0 Å². The van der Waals surface area contributed by atoms with Gasteiger partial charge in [-0.3, -0.25) is 0 Å². The number of benzene rings is 3. The summed E-state index contributed by atoms with van der Waals surface area (Å²) in [5, 5.41) is 24.4. The van der Waals surface area contributed by atoms with Crippen LogP contribution in [0.1, 0.15) is 16.8 Å². The number of ether oxygens (including phenoxy) is 1. The topological polar surface area (TPSA) is 130 Å². The van der Waals surface area contributed by atoms with Crippen molar-refractivity contribution in [3.8, 4) is 17.6 Å². The Morgan fingerprint density at radius 2 is 1.87 bits per heavy atom.